The minimum absolute atomic E-state index is 0.863. The lowest BCUT2D eigenvalue weighted by molar-refractivity contribution is 0.415. The minimum atomic E-state index is 0.863. The maximum Gasteiger partial charge on any atom is 0.118 e. The molecular weight excluding hydrogens is 390 g/mol. The van der Waals surface area contributed by atoms with E-state index in [0.29, 0.717) is 0 Å². The van der Waals surface area contributed by atoms with Crippen molar-refractivity contribution in [1.29, 1.82) is 0 Å². The summed E-state index contributed by atoms with van der Waals surface area (Å²) >= 11 is 0. The third kappa shape index (κ3) is 2.84. The Balaban J connectivity index is 1.78. The fraction of sp³-hybridized carbons (Fsp3) is 0.0333. The number of hydrogen-bond donors (Lipinski definition) is 0. The second kappa shape index (κ2) is 7.51. The van der Waals surface area contributed by atoms with Crippen LogP contribution in [0.4, 0.5) is 0 Å². The molecule has 0 aliphatic rings. The molecule has 0 atom stereocenters. The summed E-state index contributed by atoms with van der Waals surface area (Å²) in [4.78, 5) is 4.60. The van der Waals surface area contributed by atoms with Gasteiger partial charge in [0.2, 0.25) is 0 Å². The van der Waals surface area contributed by atoms with E-state index in [1.54, 1.807) is 7.11 Å². The molecule has 152 valence electrons. The van der Waals surface area contributed by atoms with E-state index in [-0.39, 0.29) is 0 Å². The number of aromatic nitrogens is 1. The molecule has 1 heterocycles. The normalized spacial score (nSPS) is 11.3. The number of ether oxygens (including phenoxy) is 1. The Labute approximate surface area is 186 Å². The van der Waals surface area contributed by atoms with Crippen molar-refractivity contribution in [3.8, 4) is 28.0 Å². The third-order valence-electron chi connectivity index (χ3n) is 6.23. The van der Waals surface area contributed by atoms with Gasteiger partial charge in [-0.3, -0.25) is 4.98 Å². The van der Waals surface area contributed by atoms with Crippen molar-refractivity contribution in [2.45, 2.75) is 0 Å². The van der Waals surface area contributed by atoms with Crippen molar-refractivity contribution in [2.24, 2.45) is 0 Å². The van der Waals surface area contributed by atoms with Crippen LogP contribution in [0.15, 0.2) is 109 Å². The van der Waals surface area contributed by atoms with Gasteiger partial charge in [-0.05, 0) is 68.1 Å². The third-order valence-corrected chi connectivity index (χ3v) is 6.23. The van der Waals surface area contributed by atoms with Gasteiger partial charge in [0.1, 0.15) is 5.75 Å². The maximum atomic E-state index is 5.39. The molecule has 0 saturated carbocycles. The zero-order valence-corrected chi connectivity index (χ0v) is 17.7. The summed E-state index contributed by atoms with van der Waals surface area (Å²) < 4.78 is 5.39. The van der Waals surface area contributed by atoms with Gasteiger partial charge in [0.25, 0.3) is 0 Å². The first kappa shape index (κ1) is 18.6. The van der Waals surface area contributed by atoms with Crippen LogP contribution < -0.4 is 4.74 Å². The van der Waals surface area contributed by atoms with Crippen LogP contribution in [0, 0.1) is 0 Å². The monoisotopic (exact) mass is 411 g/mol. The van der Waals surface area contributed by atoms with Gasteiger partial charge in [-0.25, -0.2) is 0 Å². The number of para-hydroxylation sites is 1. The second-order valence-corrected chi connectivity index (χ2v) is 7.95. The molecule has 0 spiro atoms. The Kier molecular flexibility index (Phi) is 4.36. The van der Waals surface area contributed by atoms with Crippen LogP contribution in [0.2, 0.25) is 0 Å². The van der Waals surface area contributed by atoms with E-state index >= 15 is 0 Å². The molecule has 0 amide bonds. The average molecular weight is 412 g/mol. The Morgan fingerprint density at radius 3 is 1.66 bits per heavy atom. The van der Waals surface area contributed by atoms with Crippen LogP contribution in [0.25, 0.3) is 54.7 Å². The van der Waals surface area contributed by atoms with E-state index in [2.05, 4.69) is 89.9 Å². The summed E-state index contributed by atoms with van der Waals surface area (Å²) in [5.41, 5.74) is 5.92. The first-order valence-corrected chi connectivity index (χ1v) is 10.8. The summed E-state index contributed by atoms with van der Waals surface area (Å²) in [6.45, 7) is 0. The molecule has 0 saturated heterocycles. The van der Waals surface area contributed by atoms with E-state index in [4.69, 9.17) is 4.74 Å². The molecule has 0 aliphatic carbocycles. The second-order valence-electron chi connectivity index (χ2n) is 7.95. The number of benzene rings is 5. The molecule has 6 rings (SSSR count). The zero-order chi connectivity index (χ0) is 21.5. The molecule has 0 bridgehead atoms. The first-order valence-electron chi connectivity index (χ1n) is 10.8. The SMILES string of the molecule is COc1ccc(-c2c3ccccc3c(-c3ccnc4ccccc34)c3ccccc23)cc1. The number of methoxy groups -OCH3 is 1. The van der Waals surface area contributed by atoms with Gasteiger partial charge in [0.15, 0.2) is 0 Å². The van der Waals surface area contributed by atoms with Crippen molar-refractivity contribution in [1.82, 2.24) is 4.98 Å². The molecule has 0 N–H and O–H groups in total. The van der Waals surface area contributed by atoms with E-state index < -0.39 is 0 Å². The maximum absolute atomic E-state index is 5.39. The molecule has 2 nitrogen and oxygen atoms in total. The lowest BCUT2D eigenvalue weighted by atomic mass is 9.85. The zero-order valence-electron chi connectivity index (χ0n) is 17.7. The summed E-state index contributed by atoms with van der Waals surface area (Å²) in [6, 6.07) is 36.3. The predicted molar refractivity (Wildman–Crippen MR) is 134 cm³/mol. The highest BCUT2D eigenvalue weighted by Gasteiger charge is 2.17. The molecule has 32 heavy (non-hydrogen) atoms. The van der Waals surface area contributed by atoms with E-state index in [1.165, 1.54) is 49.2 Å². The quantitative estimate of drug-likeness (QED) is 0.276. The summed E-state index contributed by atoms with van der Waals surface area (Å²) in [5, 5.41) is 6.14. The molecule has 0 aliphatic heterocycles. The van der Waals surface area contributed by atoms with Crippen molar-refractivity contribution >= 4 is 32.4 Å². The lowest BCUT2D eigenvalue weighted by Crippen LogP contribution is -1.92. The number of nitrogens with zero attached hydrogens (tertiary/aromatic N) is 1. The van der Waals surface area contributed by atoms with E-state index in [9.17, 15) is 0 Å². The van der Waals surface area contributed by atoms with Gasteiger partial charge in [-0.2, -0.15) is 0 Å². The number of fused-ring (bicyclic) bond motifs is 3. The topological polar surface area (TPSA) is 22.1 Å². The van der Waals surface area contributed by atoms with Crippen LogP contribution >= 0.6 is 0 Å². The van der Waals surface area contributed by atoms with Gasteiger partial charge in [-0.1, -0.05) is 78.9 Å². The molecule has 1 aromatic heterocycles. The fourth-order valence-corrected chi connectivity index (χ4v) is 4.80. The Hall–Kier alpha value is -4.17. The van der Waals surface area contributed by atoms with Gasteiger partial charge in [-0.15, -0.1) is 0 Å². The van der Waals surface area contributed by atoms with Gasteiger partial charge in [0.05, 0.1) is 12.6 Å². The molecule has 2 heteroatoms. The van der Waals surface area contributed by atoms with Crippen LogP contribution in [-0.2, 0) is 0 Å². The molecule has 5 aromatic carbocycles. The standard InChI is InChI=1S/C30H21NO/c1-32-21-16-14-20(15-17-21)29-23-9-2-4-11-25(23)30(26-12-5-3-10-24(26)29)27-18-19-31-28-13-7-6-8-22(27)28/h2-19H,1H3. The molecular formula is C30H21NO. The van der Waals surface area contributed by atoms with Crippen LogP contribution in [0.1, 0.15) is 0 Å². The van der Waals surface area contributed by atoms with Gasteiger partial charge >= 0.3 is 0 Å². The Bertz CT molecular complexity index is 1540. The predicted octanol–water partition coefficient (Wildman–Crippen LogP) is 7.88. The smallest absolute Gasteiger partial charge is 0.118 e. The Morgan fingerprint density at radius 1 is 0.531 bits per heavy atom. The fourth-order valence-electron chi connectivity index (χ4n) is 4.80. The molecule has 0 unspecified atom stereocenters. The first-order chi connectivity index (χ1) is 15.8. The molecule has 0 fully saturated rings. The molecule has 0 radical (unpaired) electrons. The van der Waals surface area contributed by atoms with Crippen LogP contribution in [0.3, 0.4) is 0 Å². The van der Waals surface area contributed by atoms with E-state index in [1.807, 2.05) is 24.4 Å². The van der Waals surface area contributed by atoms with Crippen molar-refractivity contribution in [2.75, 3.05) is 7.11 Å². The van der Waals surface area contributed by atoms with Gasteiger partial charge < -0.3 is 4.74 Å². The molecule has 6 aromatic rings. The highest BCUT2D eigenvalue weighted by atomic mass is 16.5. The van der Waals surface area contributed by atoms with E-state index in [0.717, 1.165) is 11.3 Å². The van der Waals surface area contributed by atoms with Crippen LogP contribution in [0.5, 0.6) is 5.75 Å². The highest BCUT2D eigenvalue weighted by molar-refractivity contribution is 6.23. The lowest BCUT2D eigenvalue weighted by Gasteiger charge is -2.18. The summed E-state index contributed by atoms with van der Waals surface area (Å²) in [7, 11) is 1.70. The largest absolute Gasteiger partial charge is 0.497 e. The van der Waals surface area contributed by atoms with Crippen molar-refractivity contribution < 1.29 is 4.74 Å². The minimum Gasteiger partial charge on any atom is -0.497 e. The van der Waals surface area contributed by atoms with Gasteiger partial charge in [0, 0.05) is 11.6 Å². The number of hydrogen-bond acceptors (Lipinski definition) is 2. The van der Waals surface area contributed by atoms with Crippen molar-refractivity contribution in [3.05, 3.63) is 109 Å². The summed E-state index contributed by atoms with van der Waals surface area (Å²) in [6.07, 6.45) is 1.92. The number of pyridine rings is 1. The highest BCUT2D eigenvalue weighted by Crippen LogP contribution is 2.44. The average Bonchev–Trinajstić information content (AvgIpc) is 2.87. The Morgan fingerprint density at radius 2 is 1.06 bits per heavy atom. The van der Waals surface area contributed by atoms with Crippen molar-refractivity contribution in [3.63, 3.8) is 0 Å². The summed E-state index contributed by atoms with van der Waals surface area (Å²) in [5.74, 6) is 0.863. The number of rotatable bonds is 3. The van der Waals surface area contributed by atoms with Crippen LogP contribution in [-0.4, -0.2) is 12.1 Å².